The van der Waals surface area contributed by atoms with Gasteiger partial charge in [0.1, 0.15) is 11.3 Å². The molecule has 2 rings (SSSR count). The van der Waals surface area contributed by atoms with Gasteiger partial charge in [-0.2, -0.15) is 0 Å². The highest BCUT2D eigenvalue weighted by Crippen LogP contribution is 2.22. The fourth-order valence-corrected chi connectivity index (χ4v) is 2.04. The molecular formula is C18H18O4. The van der Waals surface area contributed by atoms with Gasteiger partial charge in [-0.3, -0.25) is 4.79 Å². The molecule has 0 saturated heterocycles. The van der Waals surface area contributed by atoms with E-state index < -0.39 is 5.97 Å². The summed E-state index contributed by atoms with van der Waals surface area (Å²) < 4.78 is 4.99. The quantitative estimate of drug-likeness (QED) is 0.679. The van der Waals surface area contributed by atoms with E-state index in [0.29, 0.717) is 11.1 Å². The number of benzene rings is 2. The second-order valence-electron chi connectivity index (χ2n) is 5.02. The van der Waals surface area contributed by atoms with Gasteiger partial charge in [0.05, 0.1) is 0 Å². The Bertz CT molecular complexity index is 687. The van der Waals surface area contributed by atoms with Crippen LogP contribution >= 0.6 is 0 Å². The van der Waals surface area contributed by atoms with Gasteiger partial charge in [-0.15, -0.1) is 0 Å². The van der Waals surface area contributed by atoms with E-state index in [1.807, 2.05) is 19.1 Å². The predicted octanol–water partition coefficient (Wildman–Crippen LogP) is 3.30. The molecule has 0 fully saturated rings. The minimum absolute atomic E-state index is 0.0640. The number of esters is 1. The molecule has 0 amide bonds. The van der Waals surface area contributed by atoms with E-state index >= 15 is 0 Å². The van der Waals surface area contributed by atoms with Crippen molar-refractivity contribution in [1.29, 1.82) is 0 Å². The smallest absolute Gasteiger partial charge is 0.342 e. The number of aromatic hydroxyl groups is 1. The number of ketones is 1. The Morgan fingerprint density at radius 1 is 1.09 bits per heavy atom. The SMILES string of the molecule is CCc1ccc(C(=O)COC(=O)c2cccc(C)c2O)cc1. The Hall–Kier alpha value is -2.62. The highest BCUT2D eigenvalue weighted by Gasteiger charge is 2.16. The number of phenolic OH excluding ortho intramolecular Hbond substituents is 1. The molecule has 22 heavy (non-hydrogen) atoms. The van der Waals surface area contributed by atoms with Crippen molar-refractivity contribution in [3.63, 3.8) is 0 Å². The first-order valence-corrected chi connectivity index (χ1v) is 7.10. The summed E-state index contributed by atoms with van der Waals surface area (Å²) in [5.74, 6) is -1.10. The number of hydrogen-bond acceptors (Lipinski definition) is 4. The third kappa shape index (κ3) is 3.52. The molecule has 4 heteroatoms. The van der Waals surface area contributed by atoms with Gasteiger partial charge in [0, 0.05) is 5.56 Å². The Morgan fingerprint density at radius 3 is 2.41 bits per heavy atom. The zero-order valence-corrected chi connectivity index (χ0v) is 12.6. The average Bonchev–Trinajstić information content (AvgIpc) is 2.55. The molecule has 0 unspecified atom stereocenters. The summed E-state index contributed by atoms with van der Waals surface area (Å²) in [5, 5.41) is 9.82. The van der Waals surface area contributed by atoms with Crippen LogP contribution in [-0.2, 0) is 11.2 Å². The van der Waals surface area contributed by atoms with Crippen LogP contribution in [0.1, 0.15) is 38.8 Å². The number of ether oxygens (including phenoxy) is 1. The lowest BCUT2D eigenvalue weighted by Gasteiger charge is -2.07. The summed E-state index contributed by atoms with van der Waals surface area (Å²) in [5.41, 5.74) is 2.28. The first-order valence-electron chi connectivity index (χ1n) is 7.10. The van der Waals surface area contributed by atoms with Gasteiger partial charge in [-0.1, -0.05) is 43.3 Å². The molecule has 0 bridgehead atoms. The van der Waals surface area contributed by atoms with Crippen molar-refractivity contribution in [3.05, 3.63) is 64.7 Å². The number of carbonyl (C=O) groups is 2. The van der Waals surface area contributed by atoms with Crippen molar-refractivity contribution >= 4 is 11.8 Å². The Labute approximate surface area is 129 Å². The minimum Gasteiger partial charge on any atom is -0.507 e. The van der Waals surface area contributed by atoms with Crippen LogP contribution in [0.3, 0.4) is 0 Å². The number of para-hydroxylation sites is 1. The van der Waals surface area contributed by atoms with Gasteiger partial charge in [0.15, 0.2) is 12.4 Å². The molecule has 0 spiro atoms. The largest absolute Gasteiger partial charge is 0.507 e. The van der Waals surface area contributed by atoms with Crippen LogP contribution in [0.25, 0.3) is 0 Å². The average molecular weight is 298 g/mol. The first kappa shape index (κ1) is 15.8. The van der Waals surface area contributed by atoms with Crippen LogP contribution in [0.2, 0.25) is 0 Å². The lowest BCUT2D eigenvalue weighted by Crippen LogP contribution is -2.14. The molecule has 4 nitrogen and oxygen atoms in total. The van der Waals surface area contributed by atoms with Crippen LogP contribution in [-0.4, -0.2) is 23.5 Å². The van der Waals surface area contributed by atoms with Gasteiger partial charge in [-0.05, 0) is 30.5 Å². The summed E-state index contributed by atoms with van der Waals surface area (Å²) in [4.78, 5) is 23.9. The third-order valence-electron chi connectivity index (χ3n) is 3.48. The maximum atomic E-state index is 12.0. The standard InChI is InChI=1S/C18H18O4/c1-3-13-7-9-14(10-8-13)16(19)11-22-18(21)15-6-4-5-12(2)17(15)20/h4-10,20H,3,11H2,1-2H3. The van der Waals surface area contributed by atoms with Crippen molar-refractivity contribution < 1.29 is 19.4 Å². The lowest BCUT2D eigenvalue weighted by molar-refractivity contribution is 0.0471. The zero-order valence-electron chi connectivity index (χ0n) is 12.6. The van der Waals surface area contributed by atoms with E-state index in [1.165, 1.54) is 6.07 Å². The number of rotatable bonds is 5. The molecule has 0 aliphatic rings. The maximum absolute atomic E-state index is 12.0. The molecule has 0 atom stereocenters. The van der Waals surface area contributed by atoms with E-state index in [2.05, 4.69) is 0 Å². The molecule has 114 valence electrons. The van der Waals surface area contributed by atoms with Gasteiger partial charge < -0.3 is 9.84 Å². The molecule has 0 radical (unpaired) electrons. The van der Waals surface area contributed by atoms with Gasteiger partial charge in [0.2, 0.25) is 0 Å². The number of aryl methyl sites for hydroxylation is 2. The minimum atomic E-state index is -0.709. The van der Waals surface area contributed by atoms with Gasteiger partial charge in [-0.25, -0.2) is 4.79 Å². The maximum Gasteiger partial charge on any atom is 0.342 e. The highest BCUT2D eigenvalue weighted by molar-refractivity contribution is 6.00. The Morgan fingerprint density at radius 2 is 1.77 bits per heavy atom. The van der Waals surface area contributed by atoms with Crippen molar-refractivity contribution in [2.45, 2.75) is 20.3 Å². The van der Waals surface area contributed by atoms with Crippen molar-refractivity contribution in [3.8, 4) is 5.75 Å². The monoisotopic (exact) mass is 298 g/mol. The number of hydrogen-bond donors (Lipinski definition) is 1. The number of phenols is 1. The summed E-state index contributed by atoms with van der Waals surface area (Å²) in [7, 11) is 0. The third-order valence-corrected chi connectivity index (χ3v) is 3.48. The summed E-state index contributed by atoms with van der Waals surface area (Å²) in [6, 6.07) is 12.0. The molecular weight excluding hydrogens is 280 g/mol. The van der Waals surface area contributed by atoms with Gasteiger partial charge >= 0.3 is 5.97 Å². The van der Waals surface area contributed by atoms with Gasteiger partial charge in [0.25, 0.3) is 0 Å². The fourth-order valence-electron chi connectivity index (χ4n) is 2.04. The predicted molar refractivity (Wildman–Crippen MR) is 83.3 cm³/mol. The zero-order chi connectivity index (χ0) is 16.1. The van der Waals surface area contributed by atoms with Crippen molar-refractivity contribution in [2.75, 3.05) is 6.61 Å². The summed E-state index contributed by atoms with van der Waals surface area (Å²) in [6.45, 7) is 3.37. The van der Waals surface area contributed by atoms with Crippen molar-refractivity contribution in [2.24, 2.45) is 0 Å². The van der Waals surface area contributed by atoms with E-state index in [0.717, 1.165) is 12.0 Å². The van der Waals surface area contributed by atoms with Crippen LogP contribution in [0.4, 0.5) is 0 Å². The molecule has 0 aliphatic carbocycles. The summed E-state index contributed by atoms with van der Waals surface area (Å²) >= 11 is 0. The highest BCUT2D eigenvalue weighted by atomic mass is 16.5. The van der Waals surface area contributed by atoms with E-state index in [9.17, 15) is 14.7 Å². The Balaban J connectivity index is 2.01. The molecule has 2 aromatic carbocycles. The Kier molecular flexibility index (Phi) is 4.94. The number of carbonyl (C=O) groups excluding carboxylic acids is 2. The molecule has 0 aromatic heterocycles. The molecule has 0 saturated carbocycles. The van der Waals surface area contributed by atoms with Crippen LogP contribution < -0.4 is 0 Å². The fraction of sp³-hybridized carbons (Fsp3) is 0.222. The van der Waals surface area contributed by atoms with E-state index in [1.54, 1.807) is 31.2 Å². The topological polar surface area (TPSA) is 63.6 Å². The van der Waals surface area contributed by atoms with E-state index in [-0.39, 0.29) is 23.7 Å². The van der Waals surface area contributed by atoms with Crippen LogP contribution in [0.5, 0.6) is 5.75 Å². The van der Waals surface area contributed by atoms with Crippen LogP contribution in [0.15, 0.2) is 42.5 Å². The first-order chi connectivity index (χ1) is 10.5. The molecule has 1 N–H and O–H groups in total. The lowest BCUT2D eigenvalue weighted by atomic mass is 10.1. The van der Waals surface area contributed by atoms with Crippen molar-refractivity contribution in [1.82, 2.24) is 0 Å². The second-order valence-corrected chi connectivity index (χ2v) is 5.02. The van der Waals surface area contributed by atoms with Crippen LogP contribution in [0, 0.1) is 6.92 Å². The van der Waals surface area contributed by atoms with E-state index in [4.69, 9.17) is 4.74 Å². The molecule has 0 aliphatic heterocycles. The number of Topliss-reactive ketones (excluding diaryl/α,β-unsaturated/α-hetero) is 1. The second kappa shape index (κ2) is 6.89. The molecule has 2 aromatic rings. The molecule has 0 heterocycles. The normalized spacial score (nSPS) is 10.3. The summed E-state index contributed by atoms with van der Waals surface area (Å²) in [6.07, 6.45) is 0.899.